The van der Waals surface area contributed by atoms with Crippen LogP contribution in [0.15, 0.2) is 24.3 Å². The number of carbonyl (C=O) groups is 1. The van der Waals surface area contributed by atoms with Crippen LogP contribution in [0, 0.1) is 0 Å². The van der Waals surface area contributed by atoms with E-state index in [0.29, 0.717) is 0 Å². The average Bonchev–Trinajstić information content (AvgIpc) is 2.18. The van der Waals surface area contributed by atoms with Gasteiger partial charge in [0.15, 0.2) is 0 Å². The molecule has 0 saturated heterocycles. The first-order chi connectivity index (χ1) is 7.22. The lowest BCUT2D eigenvalue weighted by Gasteiger charge is -2.08. The normalized spacial score (nSPS) is 9.93. The van der Waals surface area contributed by atoms with Crippen molar-refractivity contribution in [3.05, 3.63) is 29.8 Å². The van der Waals surface area contributed by atoms with Crippen molar-refractivity contribution in [1.82, 2.24) is 0 Å². The van der Waals surface area contributed by atoms with E-state index < -0.39 is 5.97 Å². The summed E-state index contributed by atoms with van der Waals surface area (Å²) >= 11 is 3.34. The molecule has 0 bridgehead atoms. The lowest BCUT2D eigenvalue weighted by Crippen LogP contribution is -2.24. The highest BCUT2D eigenvalue weighted by Gasteiger charge is 1.96. The van der Waals surface area contributed by atoms with Crippen molar-refractivity contribution in [3.63, 3.8) is 0 Å². The van der Waals surface area contributed by atoms with Crippen molar-refractivity contribution in [2.24, 2.45) is 0 Å². The zero-order chi connectivity index (χ0) is 11.1. The number of hydrogen-bond acceptors (Lipinski definition) is 3. The Kier molecular flexibility index (Phi) is 5.18. The van der Waals surface area contributed by atoms with Gasteiger partial charge >= 0.3 is 0 Å². The van der Waals surface area contributed by atoms with E-state index in [9.17, 15) is 9.90 Å². The summed E-state index contributed by atoms with van der Waals surface area (Å²) in [5.41, 5.74) is 1.72. The second-order valence-electron chi connectivity index (χ2n) is 3.22. The van der Waals surface area contributed by atoms with E-state index in [1.807, 2.05) is 18.2 Å². The molecule has 0 aliphatic rings. The maximum absolute atomic E-state index is 10.4. The maximum atomic E-state index is 10.4. The third kappa shape index (κ3) is 4.83. The van der Waals surface area contributed by atoms with Crippen LogP contribution in [0.25, 0.3) is 0 Å². The van der Waals surface area contributed by atoms with Crippen LogP contribution in [-0.4, -0.2) is 17.8 Å². The van der Waals surface area contributed by atoms with Crippen molar-refractivity contribution >= 4 is 27.6 Å². The van der Waals surface area contributed by atoms with Crippen molar-refractivity contribution in [2.45, 2.75) is 12.8 Å². The van der Waals surface area contributed by atoms with Crippen LogP contribution in [0.5, 0.6) is 0 Å². The van der Waals surface area contributed by atoms with Gasteiger partial charge in [-0.15, -0.1) is 0 Å². The first-order valence-electron chi connectivity index (χ1n) is 4.81. The number of hydrogen-bond donors (Lipinski definition) is 1. The van der Waals surface area contributed by atoms with Gasteiger partial charge in [-0.3, -0.25) is 0 Å². The Morgan fingerprint density at radius 3 is 2.93 bits per heavy atom. The average molecular weight is 271 g/mol. The zero-order valence-electron chi connectivity index (χ0n) is 8.33. The summed E-state index contributed by atoms with van der Waals surface area (Å²) in [6, 6.07) is 7.39. The van der Waals surface area contributed by atoms with Crippen LogP contribution in [0.4, 0.5) is 5.69 Å². The first kappa shape index (κ1) is 12.0. The minimum absolute atomic E-state index is 0.0338. The Bertz CT molecular complexity index is 328. The van der Waals surface area contributed by atoms with Gasteiger partial charge in [0.2, 0.25) is 0 Å². The molecule has 0 unspecified atom stereocenters. The molecule has 0 spiro atoms. The van der Waals surface area contributed by atoms with Gasteiger partial charge in [-0.05, 0) is 24.1 Å². The smallest absolute Gasteiger partial charge is 0.0458 e. The number of aliphatic carboxylic acids is 1. The first-order valence-corrected chi connectivity index (χ1v) is 5.93. The molecule has 0 atom stereocenters. The summed E-state index contributed by atoms with van der Waals surface area (Å²) in [4.78, 5) is 10.4. The Morgan fingerprint density at radius 2 is 2.27 bits per heavy atom. The molecule has 1 aromatic rings. The molecule has 0 aliphatic heterocycles. The molecule has 0 heterocycles. The third-order valence-electron chi connectivity index (χ3n) is 1.91. The zero-order valence-corrected chi connectivity index (χ0v) is 9.92. The van der Waals surface area contributed by atoms with Crippen molar-refractivity contribution in [1.29, 1.82) is 0 Å². The van der Waals surface area contributed by atoms with E-state index in [1.165, 1.54) is 0 Å². The fourth-order valence-corrected chi connectivity index (χ4v) is 1.54. The van der Waals surface area contributed by atoms with Crippen molar-refractivity contribution < 1.29 is 9.90 Å². The van der Waals surface area contributed by atoms with Gasteiger partial charge in [0.25, 0.3) is 0 Å². The van der Waals surface area contributed by atoms with Crippen LogP contribution in [-0.2, 0) is 11.2 Å². The Hall–Kier alpha value is -1.03. The highest BCUT2D eigenvalue weighted by Crippen LogP contribution is 2.11. The maximum Gasteiger partial charge on any atom is 0.0458 e. The summed E-state index contributed by atoms with van der Waals surface area (Å²) in [7, 11) is 0. The van der Waals surface area contributed by atoms with Crippen LogP contribution >= 0.6 is 15.9 Å². The molecule has 82 valence electrons. The van der Waals surface area contributed by atoms with Crippen molar-refractivity contribution in [3.8, 4) is 0 Å². The number of halogens is 1. The van der Waals surface area contributed by atoms with E-state index in [-0.39, 0.29) is 6.42 Å². The molecule has 15 heavy (non-hydrogen) atoms. The lowest BCUT2D eigenvalue weighted by atomic mass is 10.1. The van der Waals surface area contributed by atoms with Gasteiger partial charge in [0, 0.05) is 30.0 Å². The predicted molar refractivity (Wildman–Crippen MR) is 62.1 cm³/mol. The van der Waals surface area contributed by atoms with E-state index in [2.05, 4.69) is 21.2 Å². The number of alkyl halides is 1. The molecule has 0 fully saturated rings. The van der Waals surface area contributed by atoms with E-state index in [0.717, 1.165) is 29.5 Å². The minimum Gasteiger partial charge on any atom is -0.550 e. The fraction of sp³-hybridized carbons (Fsp3) is 0.364. The topological polar surface area (TPSA) is 52.2 Å². The number of rotatable bonds is 6. The van der Waals surface area contributed by atoms with E-state index in [1.54, 1.807) is 6.07 Å². The van der Waals surface area contributed by atoms with Crippen molar-refractivity contribution in [2.75, 3.05) is 17.2 Å². The summed E-state index contributed by atoms with van der Waals surface area (Å²) < 4.78 is 0. The summed E-state index contributed by atoms with van der Waals surface area (Å²) in [5.74, 6) is -1.05. The highest BCUT2D eigenvalue weighted by atomic mass is 79.9. The van der Waals surface area contributed by atoms with Crippen LogP contribution in [0.1, 0.15) is 12.0 Å². The number of carbonyl (C=O) groups excluding carboxylic acids is 1. The second-order valence-corrected chi connectivity index (χ2v) is 4.01. The fourth-order valence-electron chi connectivity index (χ4n) is 1.26. The summed E-state index contributed by atoms with van der Waals surface area (Å²) in [6.45, 7) is 0.875. The predicted octanol–water partition coefficient (Wildman–Crippen LogP) is 1.18. The number of nitrogens with one attached hydrogen (secondary N) is 1. The molecular formula is C11H13BrNO2-. The Balaban J connectivity index is 2.53. The van der Waals surface area contributed by atoms with Crippen LogP contribution in [0.3, 0.4) is 0 Å². The molecular weight excluding hydrogens is 258 g/mol. The lowest BCUT2D eigenvalue weighted by molar-refractivity contribution is -0.304. The molecule has 0 amide bonds. The Morgan fingerprint density at radius 1 is 1.47 bits per heavy atom. The monoisotopic (exact) mass is 270 g/mol. The standard InChI is InChI=1S/C11H14BrNO2/c12-5-2-6-13-10-4-1-3-9(7-10)8-11(14)15/h1,3-4,7,13H,2,5-6,8H2,(H,14,15)/p-1. The highest BCUT2D eigenvalue weighted by molar-refractivity contribution is 9.09. The van der Waals surface area contributed by atoms with Gasteiger partial charge in [-0.1, -0.05) is 28.1 Å². The van der Waals surface area contributed by atoms with Crippen LogP contribution in [0.2, 0.25) is 0 Å². The molecule has 0 saturated carbocycles. The molecule has 0 aromatic heterocycles. The van der Waals surface area contributed by atoms with E-state index in [4.69, 9.17) is 0 Å². The molecule has 1 aromatic carbocycles. The largest absolute Gasteiger partial charge is 0.550 e. The quantitative estimate of drug-likeness (QED) is 0.624. The van der Waals surface area contributed by atoms with Gasteiger partial charge in [-0.25, -0.2) is 0 Å². The molecule has 1 rings (SSSR count). The number of carboxylic acids is 1. The third-order valence-corrected chi connectivity index (χ3v) is 2.48. The number of anilines is 1. The minimum atomic E-state index is -1.05. The van der Waals surface area contributed by atoms with Gasteiger partial charge in [0.1, 0.15) is 0 Å². The molecule has 1 N–H and O–H groups in total. The SMILES string of the molecule is O=C([O-])Cc1cccc(NCCCBr)c1. The van der Waals surface area contributed by atoms with Crippen LogP contribution < -0.4 is 10.4 Å². The summed E-state index contributed by atoms with van der Waals surface area (Å²) in [6.07, 6.45) is 0.999. The Labute approximate surface area is 97.6 Å². The summed E-state index contributed by atoms with van der Waals surface area (Å²) in [5, 5.41) is 14.6. The molecule has 0 radical (unpaired) electrons. The van der Waals surface area contributed by atoms with Gasteiger partial charge in [-0.2, -0.15) is 0 Å². The second kappa shape index (κ2) is 6.45. The molecule has 3 nitrogen and oxygen atoms in total. The number of benzene rings is 1. The number of carboxylic acid groups (broad SMARTS) is 1. The van der Waals surface area contributed by atoms with Gasteiger partial charge < -0.3 is 15.2 Å². The van der Waals surface area contributed by atoms with Gasteiger partial charge in [0.05, 0.1) is 0 Å². The molecule has 4 heteroatoms. The van der Waals surface area contributed by atoms with E-state index >= 15 is 0 Å². The molecule has 0 aliphatic carbocycles.